The van der Waals surface area contributed by atoms with E-state index in [1.807, 2.05) is 24.3 Å². The van der Waals surface area contributed by atoms with E-state index in [2.05, 4.69) is 58.3 Å². The molecule has 29 heavy (non-hydrogen) atoms. The van der Waals surface area contributed by atoms with E-state index in [0.29, 0.717) is 31.3 Å². The van der Waals surface area contributed by atoms with Gasteiger partial charge in [0.15, 0.2) is 0 Å². The van der Waals surface area contributed by atoms with Crippen LogP contribution >= 0.6 is 0 Å². The maximum absolute atomic E-state index is 12.5. The first-order valence-corrected chi connectivity index (χ1v) is 10.6. The molecule has 0 fully saturated rings. The van der Waals surface area contributed by atoms with Gasteiger partial charge in [-0.2, -0.15) is 0 Å². The third-order valence-electron chi connectivity index (χ3n) is 5.93. The number of aromatic nitrogens is 2. The molecular weight excluding hydrogens is 360 g/mol. The minimum Gasteiger partial charge on any atom is -0.355 e. The maximum atomic E-state index is 12.5. The van der Waals surface area contributed by atoms with Gasteiger partial charge in [0.2, 0.25) is 5.91 Å². The van der Waals surface area contributed by atoms with Crippen LogP contribution in [0.5, 0.6) is 0 Å². The van der Waals surface area contributed by atoms with Crippen molar-refractivity contribution in [3.05, 3.63) is 65.5 Å². The molecule has 5 heteroatoms. The van der Waals surface area contributed by atoms with Crippen LogP contribution in [0.3, 0.4) is 0 Å². The number of para-hydroxylation sites is 2. The highest BCUT2D eigenvalue weighted by Crippen LogP contribution is 2.22. The number of hydrogen-bond donors (Lipinski definition) is 2. The molecule has 4 rings (SSSR count). The van der Waals surface area contributed by atoms with Crippen LogP contribution in [0, 0.1) is 5.92 Å². The van der Waals surface area contributed by atoms with Gasteiger partial charge in [-0.3, -0.25) is 9.69 Å². The molecule has 1 aromatic heterocycles. The zero-order chi connectivity index (χ0) is 20.2. The minimum atomic E-state index is 0.0912. The van der Waals surface area contributed by atoms with E-state index < -0.39 is 0 Å². The van der Waals surface area contributed by atoms with Crippen LogP contribution in [0.1, 0.15) is 37.2 Å². The van der Waals surface area contributed by atoms with Gasteiger partial charge in [-0.05, 0) is 35.6 Å². The fourth-order valence-electron chi connectivity index (χ4n) is 4.25. The molecule has 0 spiro atoms. The Kier molecular flexibility index (Phi) is 5.95. The van der Waals surface area contributed by atoms with E-state index in [4.69, 9.17) is 0 Å². The molecule has 1 aliphatic rings. The standard InChI is InChI=1S/C24H30N4O/c1-17(2)22(28-14-13-18-7-3-4-8-19(18)16-28)15-25-24(29)12-11-23-26-20-9-5-6-10-21(20)27-23/h3-10,17,22H,11-16H2,1-2H3,(H,25,29)(H,26,27)/t22-/m1/s1. The summed E-state index contributed by atoms with van der Waals surface area (Å²) >= 11 is 0. The van der Waals surface area contributed by atoms with Gasteiger partial charge in [-0.1, -0.05) is 50.2 Å². The molecule has 0 saturated heterocycles. The number of benzene rings is 2. The van der Waals surface area contributed by atoms with Crippen molar-refractivity contribution in [1.29, 1.82) is 0 Å². The van der Waals surface area contributed by atoms with Crippen LogP contribution in [-0.4, -0.2) is 39.9 Å². The second-order valence-corrected chi connectivity index (χ2v) is 8.31. The Morgan fingerprint density at radius 2 is 1.90 bits per heavy atom. The summed E-state index contributed by atoms with van der Waals surface area (Å²) in [7, 11) is 0. The van der Waals surface area contributed by atoms with Gasteiger partial charge >= 0.3 is 0 Å². The number of aryl methyl sites for hydroxylation is 1. The predicted molar refractivity (Wildman–Crippen MR) is 117 cm³/mol. The van der Waals surface area contributed by atoms with Crippen molar-refractivity contribution in [2.75, 3.05) is 13.1 Å². The number of rotatable bonds is 7. The van der Waals surface area contributed by atoms with Crippen LogP contribution in [0.25, 0.3) is 11.0 Å². The van der Waals surface area contributed by atoms with Crippen molar-refractivity contribution in [3.8, 4) is 0 Å². The number of hydrogen-bond acceptors (Lipinski definition) is 3. The summed E-state index contributed by atoms with van der Waals surface area (Å²) < 4.78 is 0. The quantitative estimate of drug-likeness (QED) is 0.647. The van der Waals surface area contributed by atoms with E-state index in [0.717, 1.165) is 36.4 Å². The number of nitrogens with one attached hydrogen (secondary N) is 2. The highest BCUT2D eigenvalue weighted by molar-refractivity contribution is 5.77. The van der Waals surface area contributed by atoms with Crippen molar-refractivity contribution in [2.45, 2.75) is 45.7 Å². The molecule has 1 aliphatic heterocycles. The number of fused-ring (bicyclic) bond motifs is 2. The number of carbonyl (C=O) groups excluding carboxylic acids is 1. The van der Waals surface area contributed by atoms with Crippen LogP contribution in [0.15, 0.2) is 48.5 Å². The molecule has 2 heterocycles. The van der Waals surface area contributed by atoms with Crippen molar-refractivity contribution < 1.29 is 4.79 Å². The summed E-state index contributed by atoms with van der Waals surface area (Å²) in [6.07, 6.45) is 2.16. The predicted octanol–water partition coefficient (Wildman–Crippen LogP) is 3.69. The normalized spacial score (nSPS) is 15.4. The fourth-order valence-corrected chi connectivity index (χ4v) is 4.25. The second-order valence-electron chi connectivity index (χ2n) is 8.31. The molecule has 0 saturated carbocycles. The molecule has 5 nitrogen and oxygen atoms in total. The zero-order valence-corrected chi connectivity index (χ0v) is 17.3. The number of aromatic amines is 1. The molecule has 152 valence electrons. The lowest BCUT2D eigenvalue weighted by molar-refractivity contribution is -0.121. The first kappa shape index (κ1) is 19.6. The smallest absolute Gasteiger partial charge is 0.220 e. The van der Waals surface area contributed by atoms with Crippen molar-refractivity contribution >= 4 is 16.9 Å². The van der Waals surface area contributed by atoms with Gasteiger partial charge < -0.3 is 10.3 Å². The molecular formula is C24H30N4O. The number of H-pyrrole nitrogens is 1. The summed E-state index contributed by atoms with van der Waals surface area (Å²) in [5.74, 6) is 1.44. The molecule has 0 bridgehead atoms. The van der Waals surface area contributed by atoms with Crippen molar-refractivity contribution in [2.24, 2.45) is 5.92 Å². The van der Waals surface area contributed by atoms with Crippen molar-refractivity contribution in [3.63, 3.8) is 0 Å². The summed E-state index contributed by atoms with van der Waals surface area (Å²) in [5.41, 5.74) is 4.85. The Bertz CT molecular complexity index is 945. The van der Waals surface area contributed by atoms with Gasteiger partial charge in [0.05, 0.1) is 11.0 Å². The average Bonchev–Trinajstić information content (AvgIpc) is 3.15. The van der Waals surface area contributed by atoms with Crippen LogP contribution in [0.4, 0.5) is 0 Å². The Morgan fingerprint density at radius 1 is 1.14 bits per heavy atom. The number of carbonyl (C=O) groups is 1. The lowest BCUT2D eigenvalue weighted by Crippen LogP contribution is -2.48. The SMILES string of the molecule is CC(C)[C@@H](CNC(=O)CCc1nc2ccccc2[nH]1)N1CCc2ccccc2C1. The number of amides is 1. The fraction of sp³-hybridized carbons (Fsp3) is 0.417. The van der Waals surface area contributed by atoms with Crippen LogP contribution in [0.2, 0.25) is 0 Å². The first-order chi connectivity index (χ1) is 14.1. The Morgan fingerprint density at radius 3 is 2.69 bits per heavy atom. The molecule has 1 atom stereocenters. The zero-order valence-electron chi connectivity index (χ0n) is 17.3. The van der Waals surface area contributed by atoms with E-state index >= 15 is 0 Å². The first-order valence-electron chi connectivity index (χ1n) is 10.6. The highest BCUT2D eigenvalue weighted by atomic mass is 16.1. The molecule has 2 aromatic carbocycles. The van der Waals surface area contributed by atoms with Gasteiger partial charge in [-0.25, -0.2) is 4.98 Å². The van der Waals surface area contributed by atoms with Gasteiger partial charge in [0, 0.05) is 38.5 Å². The van der Waals surface area contributed by atoms with Crippen LogP contribution < -0.4 is 5.32 Å². The van der Waals surface area contributed by atoms with E-state index in [1.165, 1.54) is 11.1 Å². The summed E-state index contributed by atoms with van der Waals surface area (Å²) in [6, 6.07) is 17.0. The number of imidazole rings is 1. The molecule has 1 amide bonds. The second kappa shape index (κ2) is 8.78. The largest absolute Gasteiger partial charge is 0.355 e. The monoisotopic (exact) mass is 390 g/mol. The van der Waals surface area contributed by atoms with E-state index in [1.54, 1.807) is 0 Å². The van der Waals surface area contributed by atoms with Gasteiger partial charge in [0.25, 0.3) is 0 Å². The third-order valence-corrected chi connectivity index (χ3v) is 5.93. The summed E-state index contributed by atoms with van der Waals surface area (Å²) in [5, 5.41) is 3.17. The summed E-state index contributed by atoms with van der Waals surface area (Å²) in [4.78, 5) is 22.8. The average molecular weight is 391 g/mol. The molecule has 2 N–H and O–H groups in total. The minimum absolute atomic E-state index is 0.0912. The van der Waals surface area contributed by atoms with E-state index in [-0.39, 0.29) is 5.91 Å². The van der Waals surface area contributed by atoms with Gasteiger partial charge in [0.1, 0.15) is 5.82 Å². The molecule has 0 unspecified atom stereocenters. The Labute approximate surface area is 172 Å². The lowest BCUT2D eigenvalue weighted by Gasteiger charge is -2.38. The summed E-state index contributed by atoms with van der Waals surface area (Å²) in [6.45, 7) is 7.19. The Balaban J connectivity index is 1.30. The van der Waals surface area contributed by atoms with E-state index in [9.17, 15) is 4.79 Å². The van der Waals surface area contributed by atoms with Crippen molar-refractivity contribution in [1.82, 2.24) is 20.2 Å². The topological polar surface area (TPSA) is 61.0 Å². The lowest BCUT2D eigenvalue weighted by atomic mass is 9.95. The molecule has 0 radical (unpaired) electrons. The Hall–Kier alpha value is -2.66. The number of nitrogens with zero attached hydrogens (tertiary/aromatic N) is 2. The van der Waals surface area contributed by atoms with Gasteiger partial charge in [-0.15, -0.1) is 0 Å². The maximum Gasteiger partial charge on any atom is 0.220 e. The molecule has 3 aromatic rings. The third kappa shape index (κ3) is 4.67. The highest BCUT2D eigenvalue weighted by Gasteiger charge is 2.26. The molecule has 0 aliphatic carbocycles. The van der Waals surface area contributed by atoms with Crippen LogP contribution in [-0.2, 0) is 24.2 Å².